The number of nitrogens with two attached hydrogens (primary N) is 1. The quantitative estimate of drug-likeness (QED) is 0.391. The molecule has 1 aromatic heterocycles. The minimum absolute atomic E-state index is 0.00765. The monoisotopic (exact) mass is 551 g/mol. The third-order valence-electron chi connectivity index (χ3n) is 5.66. The lowest BCUT2D eigenvalue weighted by Crippen LogP contribution is -2.47. The van der Waals surface area contributed by atoms with E-state index < -0.39 is 59.9 Å². The first-order valence-corrected chi connectivity index (χ1v) is 11.6. The van der Waals surface area contributed by atoms with E-state index in [2.05, 4.69) is 4.98 Å². The Kier molecular flexibility index (Phi) is 7.65. The van der Waals surface area contributed by atoms with Gasteiger partial charge in [-0.3, -0.25) is 0 Å². The van der Waals surface area contributed by atoms with E-state index in [4.69, 9.17) is 15.2 Å². The average molecular weight is 551 g/mol. The van der Waals surface area contributed by atoms with E-state index in [0.717, 1.165) is 11.3 Å². The largest absolute Gasteiger partial charge is 0.416 e. The van der Waals surface area contributed by atoms with E-state index in [1.54, 1.807) is 4.90 Å². The molecule has 0 bridgehead atoms. The SMILES string of the molecule is Nc1ncc(N2CCOC(O[C@@H](CO)c3cc(C(F)(F)F)cc(C(F)(F)F)c3)C2c2ccc(F)cc2)s1. The van der Waals surface area contributed by atoms with Crippen LogP contribution in [0.2, 0.25) is 0 Å². The van der Waals surface area contributed by atoms with Crippen LogP contribution in [0.15, 0.2) is 48.7 Å². The molecule has 1 aliphatic heterocycles. The summed E-state index contributed by atoms with van der Waals surface area (Å²) in [5, 5.41) is 10.8. The highest BCUT2D eigenvalue weighted by Gasteiger charge is 2.40. The fourth-order valence-corrected chi connectivity index (χ4v) is 4.71. The van der Waals surface area contributed by atoms with E-state index in [9.17, 15) is 35.8 Å². The summed E-state index contributed by atoms with van der Waals surface area (Å²) < 4.78 is 105. The second-order valence-corrected chi connectivity index (χ2v) is 9.15. The molecule has 3 N–H and O–H groups in total. The van der Waals surface area contributed by atoms with Gasteiger partial charge in [0.2, 0.25) is 0 Å². The van der Waals surface area contributed by atoms with Gasteiger partial charge < -0.3 is 25.2 Å². The minimum atomic E-state index is -5.07. The molecule has 2 heterocycles. The molecule has 6 nitrogen and oxygen atoms in total. The molecule has 0 saturated carbocycles. The first-order valence-electron chi connectivity index (χ1n) is 10.8. The maximum atomic E-state index is 13.6. The molecule has 14 heteroatoms. The summed E-state index contributed by atoms with van der Waals surface area (Å²) in [5.41, 5.74) is 2.62. The van der Waals surface area contributed by atoms with Gasteiger partial charge in [0.25, 0.3) is 0 Å². The van der Waals surface area contributed by atoms with Crippen molar-refractivity contribution in [3.05, 3.63) is 76.7 Å². The molecular weight excluding hydrogens is 531 g/mol. The Bertz CT molecular complexity index is 1190. The zero-order valence-electron chi connectivity index (χ0n) is 18.8. The maximum absolute atomic E-state index is 13.6. The van der Waals surface area contributed by atoms with Gasteiger partial charge in [-0.05, 0) is 41.5 Å². The van der Waals surface area contributed by atoms with Crippen LogP contribution in [0.5, 0.6) is 0 Å². The smallest absolute Gasteiger partial charge is 0.393 e. The Balaban J connectivity index is 1.73. The van der Waals surface area contributed by atoms with Crippen molar-refractivity contribution in [2.75, 3.05) is 30.4 Å². The van der Waals surface area contributed by atoms with Gasteiger partial charge in [-0.2, -0.15) is 26.3 Å². The van der Waals surface area contributed by atoms with Crippen molar-refractivity contribution in [2.24, 2.45) is 0 Å². The number of morpholine rings is 1. The van der Waals surface area contributed by atoms with Crippen LogP contribution in [-0.4, -0.2) is 36.1 Å². The summed E-state index contributed by atoms with van der Waals surface area (Å²) in [7, 11) is 0. The van der Waals surface area contributed by atoms with Gasteiger partial charge >= 0.3 is 12.4 Å². The molecule has 1 saturated heterocycles. The van der Waals surface area contributed by atoms with Crippen LogP contribution in [0.1, 0.15) is 34.4 Å². The average Bonchev–Trinajstić information content (AvgIpc) is 3.27. The van der Waals surface area contributed by atoms with Gasteiger partial charge in [0, 0.05) is 6.54 Å². The number of hydrogen-bond acceptors (Lipinski definition) is 7. The van der Waals surface area contributed by atoms with E-state index in [1.165, 1.54) is 30.5 Å². The van der Waals surface area contributed by atoms with Crippen molar-refractivity contribution in [1.82, 2.24) is 4.98 Å². The predicted molar refractivity (Wildman–Crippen MR) is 120 cm³/mol. The number of aliphatic hydroxyl groups is 1. The summed E-state index contributed by atoms with van der Waals surface area (Å²) in [5.74, 6) is -0.525. The number of alkyl halides is 6. The first kappa shape index (κ1) is 27.1. The number of ether oxygens (including phenoxy) is 2. The molecule has 1 fully saturated rings. The van der Waals surface area contributed by atoms with Crippen LogP contribution < -0.4 is 10.6 Å². The van der Waals surface area contributed by atoms with Crippen molar-refractivity contribution in [3.8, 4) is 0 Å². The van der Waals surface area contributed by atoms with Crippen LogP contribution in [-0.2, 0) is 21.8 Å². The topological polar surface area (TPSA) is 80.8 Å². The summed E-state index contributed by atoms with van der Waals surface area (Å²) in [6.45, 7) is -0.577. The van der Waals surface area contributed by atoms with Crippen molar-refractivity contribution >= 4 is 21.5 Å². The van der Waals surface area contributed by atoms with Gasteiger partial charge in [-0.25, -0.2) is 9.37 Å². The number of nitrogen functional groups attached to an aromatic ring is 1. The van der Waals surface area contributed by atoms with Crippen LogP contribution >= 0.6 is 11.3 Å². The Hall–Kier alpha value is -2.94. The lowest BCUT2D eigenvalue weighted by atomic mass is 10.00. The zero-order chi connectivity index (χ0) is 27.0. The molecule has 0 amide bonds. The minimum Gasteiger partial charge on any atom is -0.393 e. The maximum Gasteiger partial charge on any atom is 0.416 e. The molecule has 37 heavy (non-hydrogen) atoms. The molecular formula is C23H20F7N3O3S. The molecule has 3 aromatic rings. The van der Waals surface area contributed by atoms with Gasteiger partial charge in [-0.15, -0.1) is 0 Å². The second-order valence-electron chi connectivity index (χ2n) is 8.11. The Morgan fingerprint density at radius 1 is 1.08 bits per heavy atom. The van der Waals surface area contributed by atoms with Crippen LogP contribution in [0.4, 0.5) is 40.9 Å². The molecule has 2 aromatic carbocycles. The van der Waals surface area contributed by atoms with Gasteiger partial charge in [0.15, 0.2) is 11.4 Å². The molecule has 4 rings (SSSR count). The number of thiazole rings is 1. The molecule has 0 radical (unpaired) electrons. The molecule has 3 atom stereocenters. The molecule has 200 valence electrons. The fourth-order valence-electron chi connectivity index (χ4n) is 3.97. The number of nitrogens with zero attached hydrogens (tertiary/aromatic N) is 2. The molecule has 1 aliphatic rings. The van der Waals surface area contributed by atoms with Crippen molar-refractivity contribution in [1.29, 1.82) is 0 Å². The first-order chi connectivity index (χ1) is 17.4. The third kappa shape index (κ3) is 6.14. The normalized spacial score (nSPS) is 19.7. The van der Waals surface area contributed by atoms with Crippen LogP contribution in [0, 0.1) is 5.82 Å². The standard InChI is InChI=1S/C23H20F7N3O3S/c24-16-3-1-12(2-4-16)19-20(35-6-5-33(19)18-10-32-21(31)37-18)36-17(11-34)13-7-14(22(25,26)27)9-15(8-13)23(28,29)30/h1-4,7-10,17,19-20,34H,5-6,11H2,(H2,31,32)/t17-,19?,20?/m0/s1. The van der Waals surface area contributed by atoms with Gasteiger partial charge in [0.1, 0.15) is 23.0 Å². The summed E-state index contributed by atoms with van der Waals surface area (Å²) in [6.07, 6.45) is -11.5. The molecule has 0 aliphatic carbocycles. The Labute approximate surface area is 210 Å². The number of anilines is 2. The number of rotatable bonds is 6. The van der Waals surface area contributed by atoms with Crippen molar-refractivity contribution in [2.45, 2.75) is 30.8 Å². The van der Waals surface area contributed by atoms with Gasteiger partial charge in [-0.1, -0.05) is 23.5 Å². The fraction of sp³-hybridized carbons (Fsp3) is 0.348. The molecule has 2 unspecified atom stereocenters. The van der Waals surface area contributed by atoms with Crippen LogP contribution in [0.25, 0.3) is 0 Å². The zero-order valence-corrected chi connectivity index (χ0v) is 19.6. The number of halogens is 7. The summed E-state index contributed by atoms with van der Waals surface area (Å²) >= 11 is 1.14. The third-order valence-corrected chi connectivity index (χ3v) is 6.52. The van der Waals surface area contributed by atoms with E-state index >= 15 is 0 Å². The van der Waals surface area contributed by atoms with Crippen molar-refractivity contribution < 1.29 is 45.3 Å². The summed E-state index contributed by atoms with van der Waals surface area (Å²) in [4.78, 5) is 5.78. The lowest BCUT2D eigenvalue weighted by Gasteiger charge is -2.42. The molecule has 0 spiro atoms. The predicted octanol–water partition coefficient (Wildman–Crippen LogP) is 5.56. The number of aliphatic hydroxyl groups excluding tert-OH is 1. The second kappa shape index (κ2) is 10.4. The van der Waals surface area contributed by atoms with E-state index in [0.29, 0.717) is 29.2 Å². The highest BCUT2D eigenvalue weighted by molar-refractivity contribution is 7.19. The van der Waals surface area contributed by atoms with Crippen molar-refractivity contribution in [3.63, 3.8) is 0 Å². The summed E-state index contributed by atoms with van der Waals surface area (Å²) in [6, 6.07) is 5.42. The van der Waals surface area contributed by atoms with E-state index in [-0.39, 0.29) is 17.8 Å². The van der Waals surface area contributed by atoms with Crippen LogP contribution in [0.3, 0.4) is 0 Å². The lowest BCUT2D eigenvalue weighted by molar-refractivity contribution is -0.202. The number of hydrogen-bond donors (Lipinski definition) is 2. The van der Waals surface area contributed by atoms with E-state index in [1.807, 2.05) is 0 Å². The van der Waals surface area contributed by atoms with Gasteiger partial charge in [0.05, 0.1) is 30.5 Å². The number of benzene rings is 2. The highest BCUT2D eigenvalue weighted by Crippen LogP contribution is 2.41. The number of aromatic nitrogens is 1. The Morgan fingerprint density at radius 2 is 1.70 bits per heavy atom. The Morgan fingerprint density at radius 3 is 2.22 bits per heavy atom. The highest BCUT2D eigenvalue weighted by atomic mass is 32.1.